The Hall–Kier alpha value is -1.95. The van der Waals surface area contributed by atoms with Gasteiger partial charge in [0.2, 0.25) is 0 Å². The molecule has 0 aromatic carbocycles. The van der Waals surface area contributed by atoms with E-state index in [0.717, 1.165) is 16.4 Å². The monoisotopic (exact) mass is 277 g/mol. The van der Waals surface area contributed by atoms with Gasteiger partial charge in [-0.25, -0.2) is 9.78 Å². The van der Waals surface area contributed by atoms with Crippen molar-refractivity contribution >= 4 is 23.5 Å². The zero-order chi connectivity index (χ0) is 13.5. The normalized spacial score (nSPS) is 10.3. The van der Waals surface area contributed by atoms with Crippen molar-refractivity contribution in [3.8, 4) is 0 Å². The van der Waals surface area contributed by atoms with Gasteiger partial charge < -0.3 is 10.1 Å². The van der Waals surface area contributed by atoms with E-state index in [1.807, 2.05) is 28.8 Å². The molecular formula is C13H15N3O2S. The molecule has 2 aromatic rings. The first-order valence-electron chi connectivity index (χ1n) is 5.87. The number of hydrogen-bond acceptors (Lipinski definition) is 4. The number of nitrogens with one attached hydrogen (secondary N) is 1. The number of amides is 1. The lowest BCUT2D eigenvalue weighted by molar-refractivity contribution is 0.159. The van der Waals surface area contributed by atoms with E-state index < -0.39 is 6.09 Å². The number of rotatable bonds is 6. The fourth-order valence-electron chi connectivity index (χ4n) is 1.53. The molecule has 0 unspecified atom stereocenters. The molecule has 19 heavy (non-hydrogen) atoms. The number of hydrogen-bond donors (Lipinski definition) is 1. The molecule has 0 aliphatic heterocycles. The molecule has 0 aliphatic carbocycles. The number of carbonyl (C=O) groups is 1. The van der Waals surface area contributed by atoms with E-state index in [2.05, 4.69) is 16.9 Å². The number of ether oxygens (including phenoxy) is 1. The topological polar surface area (TPSA) is 55.6 Å². The highest BCUT2D eigenvalue weighted by Crippen LogP contribution is 2.18. The fraction of sp³-hybridized carbons (Fsp3) is 0.231. The Morgan fingerprint density at radius 3 is 3.32 bits per heavy atom. The van der Waals surface area contributed by atoms with Crippen LogP contribution in [-0.4, -0.2) is 34.4 Å². The number of thioether (sulfide) groups is 1. The quantitative estimate of drug-likeness (QED) is 0.500. The van der Waals surface area contributed by atoms with E-state index in [4.69, 9.17) is 4.74 Å². The van der Waals surface area contributed by atoms with Crippen molar-refractivity contribution < 1.29 is 9.53 Å². The number of imidazole rings is 1. The zero-order valence-electron chi connectivity index (χ0n) is 10.4. The summed E-state index contributed by atoms with van der Waals surface area (Å²) in [6, 6.07) is 5.95. The number of carbonyl (C=O) groups excluding carboxylic acids is 1. The average molecular weight is 277 g/mol. The van der Waals surface area contributed by atoms with Crippen LogP contribution in [0, 0.1) is 0 Å². The van der Waals surface area contributed by atoms with E-state index in [9.17, 15) is 4.79 Å². The van der Waals surface area contributed by atoms with Gasteiger partial charge in [-0.05, 0) is 12.1 Å². The van der Waals surface area contributed by atoms with Crippen molar-refractivity contribution in [3.63, 3.8) is 0 Å². The average Bonchev–Trinajstić information content (AvgIpc) is 2.90. The van der Waals surface area contributed by atoms with Crippen molar-refractivity contribution in [2.75, 3.05) is 18.9 Å². The molecule has 5 nitrogen and oxygen atoms in total. The van der Waals surface area contributed by atoms with Crippen molar-refractivity contribution in [1.29, 1.82) is 0 Å². The second-order valence-corrected chi connectivity index (χ2v) is 4.80. The molecular weight excluding hydrogens is 262 g/mol. The van der Waals surface area contributed by atoms with Gasteiger partial charge in [0.15, 0.2) is 0 Å². The van der Waals surface area contributed by atoms with E-state index >= 15 is 0 Å². The first-order chi connectivity index (χ1) is 9.31. The molecule has 2 heterocycles. The van der Waals surface area contributed by atoms with E-state index in [1.54, 1.807) is 18.0 Å². The second kappa shape index (κ2) is 6.84. The second-order valence-electron chi connectivity index (χ2n) is 3.68. The van der Waals surface area contributed by atoms with Gasteiger partial charge in [0.05, 0.1) is 5.03 Å². The lowest BCUT2D eigenvalue weighted by Crippen LogP contribution is -2.26. The van der Waals surface area contributed by atoms with Crippen LogP contribution in [0.3, 0.4) is 0 Å². The highest BCUT2D eigenvalue weighted by molar-refractivity contribution is 7.99. The van der Waals surface area contributed by atoms with E-state index in [0.29, 0.717) is 6.54 Å². The van der Waals surface area contributed by atoms with Gasteiger partial charge in [-0.2, -0.15) is 0 Å². The minimum atomic E-state index is -0.415. The number of nitrogens with zero attached hydrogens (tertiary/aromatic N) is 2. The van der Waals surface area contributed by atoms with E-state index in [1.165, 1.54) is 6.08 Å². The predicted octanol–water partition coefficient (Wildman–Crippen LogP) is 2.34. The number of aromatic nitrogens is 2. The Morgan fingerprint density at radius 1 is 1.58 bits per heavy atom. The SMILES string of the molecule is C=CCOC(=O)NCCSc1cccc2nccn12. The van der Waals surface area contributed by atoms with Crippen LogP contribution < -0.4 is 5.32 Å². The lowest BCUT2D eigenvalue weighted by Gasteiger charge is -2.06. The van der Waals surface area contributed by atoms with Crippen LogP contribution in [0.2, 0.25) is 0 Å². The van der Waals surface area contributed by atoms with Gasteiger partial charge in [0, 0.05) is 24.7 Å². The van der Waals surface area contributed by atoms with Gasteiger partial charge >= 0.3 is 6.09 Å². The Labute approximate surface area is 115 Å². The summed E-state index contributed by atoms with van der Waals surface area (Å²) in [5, 5.41) is 3.77. The molecule has 0 saturated carbocycles. The summed E-state index contributed by atoms with van der Waals surface area (Å²) < 4.78 is 6.82. The van der Waals surface area contributed by atoms with Crippen molar-refractivity contribution in [2.45, 2.75) is 5.03 Å². The third-order valence-electron chi connectivity index (χ3n) is 2.34. The summed E-state index contributed by atoms with van der Waals surface area (Å²) in [7, 11) is 0. The fourth-order valence-corrected chi connectivity index (χ4v) is 2.41. The number of fused-ring (bicyclic) bond motifs is 1. The number of alkyl carbamates (subject to hydrolysis) is 1. The Morgan fingerprint density at radius 2 is 2.47 bits per heavy atom. The molecule has 0 bridgehead atoms. The van der Waals surface area contributed by atoms with Gasteiger partial charge in [0.25, 0.3) is 0 Å². The molecule has 2 rings (SSSR count). The van der Waals surface area contributed by atoms with Crippen LogP contribution >= 0.6 is 11.8 Å². The van der Waals surface area contributed by atoms with Crippen LogP contribution in [0.1, 0.15) is 0 Å². The molecule has 0 saturated heterocycles. The highest BCUT2D eigenvalue weighted by Gasteiger charge is 2.02. The molecule has 1 amide bonds. The molecule has 0 atom stereocenters. The minimum absolute atomic E-state index is 0.229. The number of pyridine rings is 1. The van der Waals surface area contributed by atoms with Crippen LogP contribution in [0.4, 0.5) is 4.79 Å². The molecule has 100 valence electrons. The molecule has 1 N–H and O–H groups in total. The van der Waals surface area contributed by atoms with Crippen molar-refractivity contribution in [3.05, 3.63) is 43.2 Å². The van der Waals surface area contributed by atoms with Crippen LogP contribution in [0.15, 0.2) is 48.3 Å². The predicted molar refractivity (Wildman–Crippen MR) is 75.5 cm³/mol. The van der Waals surface area contributed by atoms with Crippen molar-refractivity contribution in [1.82, 2.24) is 14.7 Å². The maximum Gasteiger partial charge on any atom is 0.407 e. The maximum absolute atomic E-state index is 11.2. The Bertz CT molecular complexity index is 568. The molecule has 0 aliphatic rings. The standard InChI is InChI=1S/C13H15N3O2S/c1-2-9-18-13(17)15-7-10-19-12-5-3-4-11-14-6-8-16(11)12/h2-6,8H,1,7,9-10H2,(H,15,17). The van der Waals surface area contributed by atoms with Gasteiger partial charge in [-0.3, -0.25) is 4.40 Å². The Balaban J connectivity index is 1.78. The molecule has 0 radical (unpaired) electrons. The summed E-state index contributed by atoms with van der Waals surface area (Å²) in [4.78, 5) is 15.4. The third kappa shape index (κ3) is 3.75. The maximum atomic E-state index is 11.2. The van der Waals surface area contributed by atoms with Crippen LogP contribution in [0.5, 0.6) is 0 Å². The largest absolute Gasteiger partial charge is 0.445 e. The zero-order valence-corrected chi connectivity index (χ0v) is 11.2. The summed E-state index contributed by atoms with van der Waals surface area (Å²) in [5.41, 5.74) is 0.920. The Kier molecular flexibility index (Phi) is 4.85. The summed E-state index contributed by atoms with van der Waals surface area (Å²) >= 11 is 1.65. The third-order valence-corrected chi connectivity index (χ3v) is 3.38. The van der Waals surface area contributed by atoms with E-state index in [-0.39, 0.29) is 6.61 Å². The molecule has 2 aromatic heterocycles. The van der Waals surface area contributed by atoms with Crippen LogP contribution in [-0.2, 0) is 4.74 Å². The lowest BCUT2D eigenvalue weighted by atomic mass is 10.5. The summed E-state index contributed by atoms with van der Waals surface area (Å²) in [6.07, 6.45) is 4.81. The van der Waals surface area contributed by atoms with Gasteiger partial charge in [-0.15, -0.1) is 11.8 Å². The molecule has 0 fully saturated rings. The molecule has 0 spiro atoms. The molecule has 6 heteroatoms. The van der Waals surface area contributed by atoms with Gasteiger partial charge in [-0.1, -0.05) is 18.7 Å². The highest BCUT2D eigenvalue weighted by atomic mass is 32.2. The van der Waals surface area contributed by atoms with Gasteiger partial charge in [0.1, 0.15) is 12.3 Å². The minimum Gasteiger partial charge on any atom is -0.445 e. The first kappa shape index (κ1) is 13.5. The summed E-state index contributed by atoms with van der Waals surface area (Å²) in [6.45, 7) is 4.25. The summed E-state index contributed by atoms with van der Waals surface area (Å²) in [5.74, 6) is 0.764. The smallest absolute Gasteiger partial charge is 0.407 e. The van der Waals surface area contributed by atoms with Crippen LogP contribution in [0.25, 0.3) is 5.65 Å². The van der Waals surface area contributed by atoms with Crippen molar-refractivity contribution in [2.24, 2.45) is 0 Å². The first-order valence-corrected chi connectivity index (χ1v) is 6.86.